The first-order chi connectivity index (χ1) is 12.6. The summed E-state index contributed by atoms with van der Waals surface area (Å²) in [5.41, 5.74) is 0.931. The van der Waals surface area contributed by atoms with Crippen LogP contribution in [0.3, 0.4) is 0 Å². The number of nitrogens with zero attached hydrogens (tertiary/aromatic N) is 2. The molecule has 1 aliphatic rings. The molecule has 1 unspecified atom stereocenters. The quantitative estimate of drug-likeness (QED) is 0.841. The van der Waals surface area contributed by atoms with Gasteiger partial charge in [0.25, 0.3) is 5.91 Å². The van der Waals surface area contributed by atoms with E-state index in [1.54, 1.807) is 25.3 Å². The van der Waals surface area contributed by atoms with Crippen molar-refractivity contribution in [3.8, 4) is 5.75 Å². The molecule has 1 aromatic carbocycles. The van der Waals surface area contributed by atoms with E-state index in [0.29, 0.717) is 17.3 Å². The lowest BCUT2D eigenvalue weighted by Crippen LogP contribution is -2.37. The molecule has 1 aliphatic heterocycles. The highest BCUT2D eigenvalue weighted by atomic mass is 35.5. The molecule has 1 amide bonds. The molecule has 0 radical (unpaired) electrons. The Morgan fingerprint density at radius 3 is 2.77 bits per heavy atom. The Bertz CT molecular complexity index is 733. The Balaban J connectivity index is 1.50. The SMILES string of the molecule is CC(Oc1ccccc1Cl)C(=O)NCc1ccc(N2CCOCC2)nc1. The summed E-state index contributed by atoms with van der Waals surface area (Å²) in [5.74, 6) is 1.22. The number of hydrogen-bond acceptors (Lipinski definition) is 5. The van der Waals surface area contributed by atoms with E-state index < -0.39 is 6.10 Å². The van der Waals surface area contributed by atoms with Crippen molar-refractivity contribution in [3.05, 3.63) is 53.2 Å². The maximum Gasteiger partial charge on any atom is 0.261 e. The van der Waals surface area contributed by atoms with Crippen molar-refractivity contribution in [2.24, 2.45) is 0 Å². The lowest BCUT2D eigenvalue weighted by Gasteiger charge is -2.27. The lowest BCUT2D eigenvalue weighted by molar-refractivity contribution is -0.127. The fraction of sp³-hybridized carbons (Fsp3) is 0.368. The number of nitrogens with one attached hydrogen (secondary N) is 1. The largest absolute Gasteiger partial charge is 0.479 e. The second-order valence-corrected chi connectivity index (χ2v) is 6.44. The van der Waals surface area contributed by atoms with Crippen LogP contribution < -0.4 is 15.0 Å². The molecule has 1 fully saturated rings. The van der Waals surface area contributed by atoms with Gasteiger partial charge in [-0.1, -0.05) is 29.8 Å². The molecule has 2 heterocycles. The summed E-state index contributed by atoms with van der Waals surface area (Å²) < 4.78 is 11.0. The molecule has 2 aromatic rings. The average Bonchev–Trinajstić information content (AvgIpc) is 2.69. The lowest BCUT2D eigenvalue weighted by atomic mass is 10.2. The van der Waals surface area contributed by atoms with E-state index in [1.807, 2.05) is 24.3 Å². The predicted octanol–water partition coefficient (Wildman–Crippen LogP) is 2.66. The number of pyridine rings is 1. The van der Waals surface area contributed by atoms with Crippen molar-refractivity contribution < 1.29 is 14.3 Å². The molecular formula is C19H22ClN3O3. The molecule has 0 saturated carbocycles. The number of halogens is 1. The number of morpholine rings is 1. The summed E-state index contributed by atoms with van der Waals surface area (Å²) in [7, 11) is 0. The second-order valence-electron chi connectivity index (χ2n) is 6.03. The molecule has 3 rings (SSSR count). The van der Waals surface area contributed by atoms with E-state index in [1.165, 1.54) is 0 Å². The van der Waals surface area contributed by atoms with E-state index >= 15 is 0 Å². The fourth-order valence-corrected chi connectivity index (χ4v) is 2.80. The van der Waals surface area contributed by atoms with E-state index in [2.05, 4.69) is 15.2 Å². The van der Waals surface area contributed by atoms with Crippen molar-refractivity contribution >= 4 is 23.3 Å². The van der Waals surface area contributed by atoms with Crippen LogP contribution in [0.15, 0.2) is 42.6 Å². The van der Waals surface area contributed by atoms with Crippen LogP contribution in [-0.4, -0.2) is 43.3 Å². The van der Waals surface area contributed by atoms with Gasteiger partial charge in [-0.2, -0.15) is 0 Å². The highest BCUT2D eigenvalue weighted by molar-refractivity contribution is 6.32. The number of benzene rings is 1. The smallest absolute Gasteiger partial charge is 0.261 e. The third-order valence-corrected chi connectivity index (χ3v) is 4.43. The van der Waals surface area contributed by atoms with Crippen LogP contribution in [0.2, 0.25) is 5.02 Å². The molecule has 0 bridgehead atoms. The minimum absolute atomic E-state index is 0.206. The van der Waals surface area contributed by atoms with E-state index in [-0.39, 0.29) is 5.91 Å². The zero-order valence-corrected chi connectivity index (χ0v) is 15.4. The molecule has 138 valence electrons. The Hall–Kier alpha value is -2.31. The zero-order valence-electron chi connectivity index (χ0n) is 14.7. The second kappa shape index (κ2) is 8.87. The van der Waals surface area contributed by atoms with Crippen LogP contribution in [0, 0.1) is 0 Å². The Kier molecular flexibility index (Phi) is 6.30. The Labute approximate surface area is 158 Å². The van der Waals surface area contributed by atoms with Crippen LogP contribution in [0.25, 0.3) is 0 Å². The molecule has 0 aliphatic carbocycles. The summed E-state index contributed by atoms with van der Waals surface area (Å²) in [6.45, 7) is 5.23. The number of anilines is 1. The van der Waals surface area contributed by atoms with Gasteiger partial charge >= 0.3 is 0 Å². The van der Waals surface area contributed by atoms with E-state index in [4.69, 9.17) is 21.1 Å². The standard InChI is InChI=1S/C19H22ClN3O3/c1-14(26-17-5-3-2-4-16(17)20)19(24)22-13-15-6-7-18(21-12-15)23-8-10-25-11-9-23/h2-7,12,14H,8-11,13H2,1H3,(H,22,24). The van der Waals surface area contributed by atoms with Crippen molar-refractivity contribution in [3.63, 3.8) is 0 Å². The Morgan fingerprint density at radius 1 is 1.31 bits per heavy atom. The van der Waals surface area contributed by atoms with Gasteiger partial charge in [0.15, 0.2) is 6.10 Å². The average molecular weight is 376 g/mol. The first kappa shape index (κ1) is 18.5. The minimum atomic E-state index is -0.643. The minimum Gasteiger partial charge on any atom is -0.479 e. The van der Waals surface area contributed by atoms with Gasteiger partial charge in [0.2, 0.25) is 0 Å². The third-order valence-electron chi connectivity index (χ3n) is 4.12. The van der Waals surface area contributed by atoms with Gasteiger partial charge < -0.3 is 19.7 Å². The number of amides is 1. The molecule has 1 atom stereocenters. The molecule has 0 spiro atoms. The number of aromatic nitrogens is 1. The van der Waals surface area contributed by atoms with Gasteiger partial charge in [0, 0.05) is 25.8 Å². The van der Waals surface area contributed by atoms with Crippen LogP contribution in [-0.2, 0) is 16.1 Å². The van der Waals surface area contributed by atoms with Crippen LogP contribution in [0.1, 0.15) is 12.5 Å². The molecule has 1 aromatic heterocycles. The van der Waals surface area contributed by atoms with Gasteiger partial charge in [0.1, 0.15) is 11.6 Å². The van der Waals surface area contributed by atoms with Crippen LogP contribution in [0.5, 0.6) is 5.75 Å². The van der Waals surface area contributed by atoms with E-state index in [0.717, 1.165) is 37.7 Å². The molecule has 6 nitrogen and oxygen atoms in total. The molecule has 26 heavy (non-hydrogen) atoms. The van der Waals surface area contributed by atoms with Gasteiger partial charge in [-0.15, -0.1) is 0 Å². The van der Waals surface area contributed by atoms with Gasteiger partial charge in [0.05, 0.1) is 18.2 Å². The molecule has 1 saturated heterocycles. The molecular weight excluding hydrogens is 354 g/mol. The fourth-order valence-electron chi connectivity index (χ4n) is 2.62. The molecule has 1 N–H and O–H groups in total. The van der Waals surface area contributed by atoms with Crippen LogP contribution in [0.4, 0.5) is 5.82 Å². The van der Waals surface area contributed by atoms with Gasteiger partial charge in [-0.3, -0.25) is 4.79 Å². The maximum atomic E-state index is 12.2. The zero-order chi connectivity index (χ0) is 18.4. The number of ether oxygens (including phenoxy) is 2. The maximum absolute atomic E-state index is 12.2. The predicted molar refractivity (Wildman–Crippen MR) is 101 cm³/mol. The summed E-state index contributed by atoms with van der Waals surface area (Å²) in [4.78, 5) is 18.9. The summed E-state index contributed by atoms with van der Waals surface area (Å²) in [6, 6.07) is 11.0. The highest BCUT2D eigenvalue weighted by Gasteiger charge is 2.16. The molecule has 7 heteroatoms. The van der Waals surface area contributed by atoms with Crippen molar-refractivity contribution in [1.29, 1.82) is 0 Å². The Morgan fingerprint density at radius 2 is 2.08 bits per heavy atom. The number of para-hydroxylation sites is 1. The van der Waals surface area contributed by atoms with Crippen molar-refractivity contribution in [2.45, 2.75) is 19.6 Å². The highest BCUT2D eigenvalue weighted by Crippen LogP contribution is 2.24. The third kappa shape index (κ3) is 4.86. The van der Waals surface area contributed by atoms with Crippen molar-refractivity contribution in [1.82, 2.24) is 10.3 Å². The van der Waals surface area contributed by atoms with Gasteiger partial charge in [-0.05, 0) is 30.7 Å². The normalized spacial score (nSPS) is 15.4. The number of carbonyl (C=O) groups excluding carboxylic acids is 1. The number of hydrogen-bond donors (Lipinski definition) is 1. The summed E-state index contributed by atoms with van der Waals surface area (Å²) in [5, 5.41) is 3.34. The van der Waals surface area contributed by atoms with Gasteiger partial charge in [-0.25, -0.2) is 4.98 Å². The number of rotatable bonds is 6. The summed E-state index contributed by atoms with van der Waals surface area (Å²) >= 11 is 6.05. The monoisotopic (exact) mass is 375 g/mol. The first-order valence-electron chi connectivity index (χ1n) is 8.60. The first-order valence-corrected chi connectivity index (χ1v) is 8.98. The number of carbonyl (C=O) groups is 1. The van der Waals surface area contributed by atoms with Crippen LogP contribution >= 0.6 is 11.6 Å². The summed E-state index contributed by atoms with van der Waals surface area (Å²) in [6.07, 6.45) is 1.14. The van der Waals surface area contributed by atoms with Crippen molar-refractivity contribution in [2.75, 3.05) is 31.2 Å². The van der Waals surface area contributed by atoms with E-state index in [9.17, 15) is 4.79 Å². The topological polar surface area (TPSA) is 63.7 Å².